The van der Waals surface area contributed by atoms with Crippen molar-refractivity contribution in [1.82, 2.24) is 10.0 Å². The van der Waals surface area contributed by atoms with Gasteiger partial charge in [-0.3, -0.25) is 0 Å². The van der Waals surface area contributed by atoms with E-state index in [0.29, 0.717) is 18.0 Å². The van der Waals surface area contributed by atoms with Gasteiger partial charge in [-0.15, -0.1) is 0 Å². The molecule has 1 heterocycles. The van der Waals surface area contributed by atoms with Gasteiger partial charge in [-0.05, 0) is 50.1 Å². The molecule has 1 aromatic rings. The van der Waals surface area contributed by atoms with Crippen LogP contribution in [-0.4, -0.2) is 34.2 Å². The van der Waals surface area contributed by atoms with Gasteiger partial charge in [0.15, 0.2) is 0 Å². The van der Waals surface area contributed by atoms with Crippen molar-refractivity contribution < 1.29 is 13.2 Å². The van der Waals surface area contributed by atoms with Crippen molar-refractivity contribution in [1.29, 1.82) is 0 Å². The second kappa shape index (κ2) is 8.50. The van der Waals surface area contributed by atoms with E-state index in [9.17, 15) is 8.42 Å². The molecule has 1 aromatic carbocycles. The highest BCUT2D eigenvalue weighted by Gasteiger charge is 2.21. The van der Waals surface area contributed by atoms with Crippen LogP contribution in [0.15, 0.2) is 29.2 Å². The molecule has 0 amide bonds. The number of hydrogen-bond donors (Lipinski definition) is 2. The standard InChI is InChI=1S/C16H26N2O3S/c1-2-3-4-12-21-15-7-9-16(10-8-15)22(19,20)18-14-6-5-11-17-13-14/h7-10,14,17-18H,2-6,11-13H2,1H3. The Bertz CT molecular complexity index is 537. The maximum atomic E-state index is 12.3. The van der Waals surface area contributed by atoms with E-state index in [2.05, 4.69) is 17.0 Å². The molecule has 0 saturated carbocycles. The van der Waals surface area contributed by atoms with Crippen LogP contribution in [0, 0.1) is 0 Å². The van der Waals surface area contributed by atoms with Crippen LogP contribution in [0.4, 0.5) is 0 Å². The minimum Gasteiger partial charge on any atom is -0.494 e. The fraction of sp³-hybridized carbons (Fsp3) is 0.625. The third-order valence-corrected chi connectivity index (χ3v) is 5.31. The van der Waals surface area contributed by atoms with E-state index >= 15 is 0 Å². The van der Waals surface area contributed by atoms with Gasteiger partial charge in [0.25, 0.3) is 0 Å². The Kier molecular flexibility index (Phi) is 6.67. The Labute approximate surface area is 133 Å². The number of rotatable bonds is 8. The highest BCUT2D eigenvalue weighted by Crippen LogP contribution is 2.17. The SMILES string of the molecule is CCCCCOc1ccc(S(=O)(=O)NC2CCCNC2)cc1. The zero-order valence-electron chi connectivity index (χ0n) is 13.2. The lowest BCUT2D eigenvalue weighted by atomic mass is 10.1. The highest BCUT2D eigenvalue weighted by atomic mass is 32.2. The second-order valence-electron chi connectivity index (χ2n) is 5.69. The molecule has 2 rings (SSSR count). The van der Waals surface area contributed by atoms with Crippen molar-refractivity contribution in [2.75, 3.05) is 19.7 Å². The Balaban J connectivity index is 1.90. The fourth-order valence-corrected chi connectivity index (χ4v) is 3.77. The van der Waals surface area contributed by atoms with Crippen molar-refractivity contribution in [3.8, 4) is 5.75 Å². The van der Waals surface area contributed by atoms with Crippen LogP contribution in [0.5, 0.6) is 5.75 Å². The molecule has 0 aromatic heterocycles. The Morgan fingerprint density at radius 1 is 1.27 bits per heavy atom. The van der Waals surface area contributed by atoms with E-state index < -0.39 is 10.0 Å². The van der Waals surface area contributed by atoms with E-state index in [1.54, 1.807) is 24.3 Å². The third-order valence-electron chi connectivity index (χ3n) is 3.77. The quantitative estimate of drug-likeness (QED) is 0.719. The van der Waals surface area contributed by atoms with Gasteiger partial charge < -0.3 is 10.1 Å². The maximum absolute atomic E-state index is 12.3. The first kappa shape index (κ1) is 17.2. The van der Waals surface area contributed by atoms with Crippen LogP contribution in [0.1, 0.15) is 39.0 Å². The van der Waals surface area contributed by atoms with Crippen LogP contribution < -0.4 is 14.8 Å². The average Bonchev–Trinajstić information content (AvgIpc) is 2.53. The first-order chi connectivity index (χ1) is 10.6. The van der Waals surface area contributed by atoms with Crippen LogP contribution in [0.25, 0.3) is 0 Å². The lowest BCUT2D eigenvalue weighted by Crippen LogP contribution is -2.45. The number of nitrogens with one attached hydrogen (secondary N) is 2. The van der Waals surface area contributed by atoms with E-state index in [1.807, 2.05) is 0 Å². The minimum atomic E-state index is -3.45. The normalized spacial score (nSPS) is 19.0. The molecule has 1 atom stereocenters. The molecule has 1 fully saturated rings. The molecule has 1 saturated heterocycles. The summed E-state index contributed by atoms with van der Waals surface area (Å²) in [5, 5.41) is 3.20. The zero-order chi connectivity index (χ0) is 15.8. The molecule has 6 heteroatoms. The van der Waals surface area contributed by atoms with Gasteiger partial charge in [0.2, 0.25) is 10.0 Å². The molecule has 0 bridgehead atoms. The topological polar surface area (TPSA) is 67.4 Å². The van der Waals surface area contributed by atoms with Crippen molar-refractivity contribution in [2.24, 2.45) is 0 Å². The van der Waals surface area contributed by atoms with Gasteiger partial charge in [-0.1, -0.05) is 19.8 Å². The number of sulfonamides is 1. The predicted molar refractivity (Wildman–Crippen MR) is 87.7 cm³/mol. The molecule has 0 aliphatic carbocycles. The van der Waals surface area contributed by atoms with Crippen LogP contribution >= 0.6 is 0 Å². The van der Waals surface area contributed by atoms with Crippen molar-refractivity contribution in [3.63, 3.8) is 0 Å². The Morgan fingerprint density at radius 2 is 2.05 bits per heavy atom. The largest absolute Gasteiger partial charge is 0.494 e. The lowest BCUT2D eigenvalue weighted by molar-refractivity contribution is 0.306. The van der Waals surface area contributed by atoms with Gasteiger partial charge in [-0.25, -0.2) is 13.1 Å². The Morgan fingerprint density at radius 3 is 2.68 bits per heavy atom. The first-order valence-electron chi connectivity index (χ1n) is 8.08. The first-order valence-corrected chi connectivity index (χ1v) is 9.56. The van der Waals surface area contributed by atoms with Crippen LogP contribution in [0.2, 0.25) is 0 Å². The monoisotopic (exact) mass is 326 g/mol. The smallest absolute Gasteiger partial charge is 0.240 e. The summed E-state index contributed by atoms with van der Waals surface area (Å²) in [6, 6.07) is 6.63. The molecule has 1 aliphatic heterocycles. The molecule has 1 unspecified atom stereocenters. The summed E-state index contributed by atoms with van der Waals surface area (Å²) in [6.45, 7) is 4.47. The molecule has 0 radical (unpaired) electrons. The molecule has 22 heavy (non-hydrogen) atoms. The summed E-state index contributed by atoms with van der Waals surface area (Å²) in [4.78, 5) is 0.291. The summed E-state index contributed by atoms with van der Waals surface area (Å²) in [7, 11) is -3.45. The van der Waals surface area contributed by atoms with Crippen molar-refractivity contribution in [2.45, 2.75) is 50.0 Å². The average molecular weight is 326 g/mol. The van der Waals surface area contributed by atoms with Gasteiger partial charge in [0.1, 0.15) is 5.75 Å². The molecule has 5 nitrogen and oxygen atoms in total. The lowest BCUT2D eigenvalue weighted by Gasteiger charge is -2.23. The summed E-state index contributed by atoms with van der Waals surface area (Å²) in [6.07, 6.45) is 5.20. The second-order valence-corrected chi connectivity index (χ2v) is 7.41. The van der Waals surface area contributed by atoms with E-state index in [0.717, 1.165) is 44.4 Å². The molecule has 2 N–H and O–H groups in total. The van der Waals surface area contributed by atoms with Gasteiger partial charge in [0, 0.05) is 12.6 Å². The van der Waals surface area contributed by atoms with Gasteiger partial charge >= 0.3 is 0 Å². The summed E-state index contributed by atoms with van der Waals surface area (Å²) in [5.74, 6) is 0.717. The molecule has 1 aliphatic rings. The van der Waals surface area contributed by atoms with E-state index in [1.165, 1.54) is 0 Å². The predicted octanol–water partition coefficient (Wildman–Crippen LogP) is 2.29. The van der Waals surface area contributed by atoms with Crippen molar-refractivity contribution >= 4 is 10.0 Å². The Hall–Kier alpha value is -1.11. The number of benzene rings is 1. The summed E-state index contributed by atoms with van der Waals surface area (Å²) >= 11 is 0. The van der Waals surface area contributed by atoms with Gasteiger partial charge in [0.05, 0.1) is 11.5 Å². The molecular formula is C16H26N2O3S. The third kappa shape index (κ3) is 5.26. The van der Waals surface area contributed by atoms with E-state index in [4.69, 9.17) is 4.74 Å². The zero-order valence-corrected chi connectivity index (χ0v) is 14.0. The molecular weight excluding hydrogens is 300 g/mol. The minimum absolute atomic E-state index is 0.0243. The van der Waals surface area contributed by atoms with E-state index in [-0.39, 0.29) is 6.04 Å². The number of unbranched alkanes of at least 4 members (excludes halogenated alkanes) is 2. The highest BCUT2D eigenvalue weighted by molar-refractivity contribution is 7.89. The number of piperidine rings is 1. The summed E-state index contributed by atoms with van der Waals surface area (Å²) < 4.78 is 33.0. The van der Waals surface area contributed by atoms with Gasteiger partial charge in [-0.2, -0.15) is 0 Å². The molecule has 124 valence electrons. The summed E-state index contributed by atoms with van der Waals surface area (Å²) in [5.41, 5.74) is 0. The van der Waals surface area contributed by atoms with Crippen molar-refractivity contribution in [3.05, 3.63) is 24.3 Å². The van der Waals surface area contributed by atoms with Crippen LogP contribution in [0.3, 0.4) is 0 Å². The molecule has 0 spiro atoms. The number of hydrogen-bond acceptors (Lipinski definition) is 4. The van der Waals surface area contributed by atoms with Crippen LogP contribution in [-0.2, 0) is 10.0 Å². The number of ether oxygens (including phenoxy) is 1. The maximum Gasteiger partial charge on any atom is 0.240 e. The fourth-order valence-electron chi connectivity index (χ4n) is 2.50.